The Labute approximate surface area is 121 Å². The Morgan fingerprint density at radius 2 is 2.05 bits per heavy atom. The van der Waals surface area contributed by atoms with Crippen molar-refractivity contribution in [1.29, 1.82) is 0 Å². The van der Waals surface area contributed by atoms with E-state index in [0.717, 1.165) is 16.3 Å². The van der Waals surface area contributed by atoms with Gasteiger partial charge in [0, 0.05) is 22.9 Å². The maximum Gasteiger partial charge on any atom is 0.260 e. The number of carbonyl (C=O) groups excluding carboxylic acids is 1. The van der Waals surface area contributed by atoms with E-state index in [-0.39, 0.29) is 11.7 Å². The van der Waals surface area contributed by atoms with Crippen LogP contribution >= 0.6 is 11.8 Å². The fraction of sp³-hybridized carbons (Fsp3) is 0.133. The number of benzene rings is 2. The highest BCUT2D eigenvalue weighted by Crippen LogP contribution is 2.35. The maximum absolute atomic E-state index is 12.7. The molecule has 3 N–H and O–H groups in total. The number of nitrogens with zero attached hydrogens (tertiary/aromatic N) is 1. The molecule has 0 aliphatic carbocycles. The molecule has 0 aromatic heterocycles. The Balaban J connectivity index is 2.02. The van der Waals surface area contributed by atoms with Gasteiger partial charge in [0.1, 0.15) is 5.75 Å². The number of anilines is 2. The van der Waals surface area contributed by atoms with Gasteiger partial charge in [-0.15, -0.1) is 11.8 Å². The van der Waals surface area contributed by atoms with Crippen LogP contribution in [0.4, 0.5) is 11.4 Å². The average Bonchev–Trinajstić information content (AvgIpc) is 2.48. The molecule has 0 spiro atoms. The molecule has 1 heterocycles. The van der Waals surface area contributed by atoms with Gasteiger partial charge in [0.05, 0.1) is 11.3 Å². The zero-order valence-corrected chi connectivity index (χ0v) is 11.6. The van der Waals surface area contributed by atoms with Crippen molar-refractivity contribution >= 4 is 29.0 Å². The third-order valence-electron chi connectivity index (χ3n) is 3.24. The quantitative estimate of drug-likeness (QED) is 0.625. The van der Waals surface area contributed by atoms with Crippen molar-refractivity contribution in [1.82, 2.24) is 0 Å². The van der Waals surface area contributed by atoms with E-state index in [9.17, 15) is 9.90 Å². The monoisotopic (exact) mass is 286 g/mol. The minimum atomic E-state index is -0.175. The minimum absolute atomic E-state index is 0.0437. The summed E-state index contributed by atoms with van der Waals surface area (Å²) >= 11 is 1.74. The van der Waals surface area contributed by atoms with Crippen molar-refractivity contribution in [3.05, 3.63) is 48.0 Å². The number of nitrogens with two attached hydrogens (primary N) is 1. The summed E-state index contributed by atoms with van der Waals surface area (Å²) in [6.45, 7) is 0.635. The van der Waals surface area contributed by atoms with Crippen molar-refractivity contribution in [2.75, 3.05) is 22.9 Å². The van der Waals surface area contributed by atoms with Crippen molar-refractivity contribution in [3.63, 3.8) is 0 Å². The molecule has 1 aliphatic heterocycles. The molecule has 0 saturated heterocycles. The summed E-state index contributed by atoms with van der Waals surface area (Å²) in [5, 5.41) is 9.55. The van der Waals surface area contributed by atoms with Gasteiger partial charge in [0.25, 0.3) is 5.91 Å². The summed E-state index contributed by atoms with van der Waals surface area (Å²) in [4.78, 5) is 15.5. The van der Waals surface area contributed by atoms with Crippen molar-refractivity contribution in [2.24, 2.45) is 0 Å². The van der Waals surface area contributed by atoms with Crippen LogP contribution in [0, 0.1) is 0 Å². The number of nitrogen functional groups attached to an aromatic ring is 1. The molecule has 20 heavy (non-hydrogen) atoms. The van der Waals surface area contributed by atoms with Crippen LogP contribution in [0.15, 0.2) is 47.4 Å². The first-order chi connectivity index (χ1) is 9.66. The van der Waals surface area contributed by atoms with Crippen molar-refractivity contribution in [2.45, 2.75) is 4.90 Å². The lowest BCUT2D eigenvalue weighted by molar-refractivity contribution is 0.0988. The highest BCUT2D eigenvalue weighted by atomic mass is 32.2. The van der Waals surface area contributed by atoms with E-state index in [4.69, 9.17) is 5.73 Å². The first-order valence-electron chi connectivity index (χ1n) is 6.29. The second-order valence-corrected chi connectivity index (χ2v) is 5.68. The third-order valence-corrected chi connectivity index (χ3v) is 4.28. The zero-order valence-electron chi connectivity index (χ0n) is 10.7. The molecule has 2 aromatic carbocycles. The first kappa shape index (κ1) is 12.9. The van der Waals surface area contributed by atoms with Crippen LogP contribution in [0.1, 0.15) is 10.4 Å². The zero-order chi connectivity index (χ0) is 14.1. The van der Waals surface area contributed by atoms with E-state index in [1.165, 1.54) is 12.1 Å². The molecule has 0 bridgehead atoms. The SMILES string of the molecule is Nc1ccc(O)cc1C(=O)N1CCSc2ccccc21. The molecular weight excluding hydrogens is 272 g/mol. The molecule has 102 valence electrons. The summed E-state index contributed by atoms with van der Waals surface area (Å²) in [5.74, 6) is 0.718. The number of phenolic OH excluding ortho intramolecular Hbond substituents is 1. The van der Waals surface area contributed by atoms with Gasteiger partial charge < -0.3 is 15.7 Å². The molecule has 3 rings (SSSR count). The molecule has 1 amide bonds. The van der Waals surface area contributed by atoms with Crippen LogP contribution in [0.2, 0.25) is 0 Å². The Hall–Kier alpha value is -2.14. The van der Waals surface area contributed by atoms with E-state index < -0.39 is 0 Å². The van der Waals surface area contributed by atoms with Crippen LogP contribution in [0.25, 0.3) is 0 Å². The number of aromatic hydroxyl groups is 1. The molecule has 0 fully saturated rings. The topological polar surface area (TPSA) is 66.6 Å². The highest BCUT2D eigenvalue weighted by Gasteiger charge is 2.25. The summed E-state index contributed by atoms with van der Waals surface area (Å²) in [6, 6.07) is 12.3. The second kappa shape index (κ2) is 5.09. The normalized spacial score (nSPS) is 13.9. The summed E-state index contributed by atoms with van der Waals surface area (Å²) < 4.78 is 0. The Morgan fingerprint density at radius 1 is 1.25 bits per heavy atom. The van der Waals surface area contributed by atoms with Gasteiger partial charge in [-0.2, -0.15) is 0 Å². The number of fused-ring (bicyclic) bond motifs is 1. The lowest BCUT2D eigenvalue weighted by atomic mass is 10.1. The van der Waals surface area contributed by atoms with Crippen LogP contribution in [0.3, 0.4) is 0 Å². The predicted octanol–water partition coefficient (Wildman–Crippen LogP) is 2.73. The Morgan fingerprint density at radius 3 is 2.90 bits per heavy atom. The Kier molecular flexibility index (Phi) is 3.28. The van der Waals surface area contributed by atoms with E-state index >= 15 is 0 Å². The molecule has 0 saturated carbocycles. The van der Waals surface area contributed by atoms with Gasteiger partial charge in [0.2, 0.25) is 0 Å². The van der Waals surface area contributed by atoms with Gasteiger partial charge in [-0.3, -0.25) is 4.79 Å². The smallest absolute Gasteiger partial charge is 0.260 e. The maximum atomic E-state index is 12.7. The van der Waals surface area contributed by atoms with Crippen LogP contribution in [0.5, 0.6) is 5.75 Å². The predicted molar refractivity (Wildman–Crippen MR) is 81.4 cm³/mol. The first-order valence-corrected chi connectivity index (χ1v) is 7.27. The van der Waals surface area contributed by atoms with E-state index in [1.54, 1.807) is 22.7 Å². The highest BCUT2D eigenvalue weighted by molar-refractivity contribution is 7.99. The molecule has 0 atom stereocenters. The molecule has 0 unspecified atom stereocenters. The summed E-state index contributed by atoms with van der Waals surface area (Å²) in [5.41, 5.74) is 7.47. The fourth-order valence-electron chi connectivity index (χ4n) is 2.26. The number of hydrogen-bond acceptors (Lipinski definition) is 4. The average molecular weight is 286 g/mol. The minimum Gasteiger partial charge on any atom is -0.508 e. The van der Waals surface area contributed by atoms with Crippen molar-refractivity contribution < 1.29 is 9.90 Å². The molecule has 0 radical (unpaired) electrons. The van der Waals surface area contributed by atoms with Gasteiger partial charge in [0.15, 0.2) is 0 Å². The van der Waals surface area contributed by atoms with Crippen LogP contribution in [-0.2, 0) is 0 Å². The van der Waals surface area contributed by atoms with Gasteiger partial charge in [-0.05, 0) is 30.3 Å². The number of hydrogen-bond donors (Lipinski definition) is 2. The second-order valence-electron chi connectivity index (χ2n) is 4.54. The van der Waals surface area contributed by atoms with Gasteiger partial charge in [-0.25, -0.2) is 0 Å². The number of phenols is 1. The molecule has 1 aliphatic rings. The number of thioether (sulfide) groups is 1. The van der Waals surface area contributed by atoms with E-state index in [0.29, 0.717) is 17.8 Å². The molecular formula is C15H14N2O2S. The largest absolute Gasteiger partial charge is 0.508 e. The summed E-state index contributed by atoms with van der Waals surface area (Å²) in [6.07, 6.45) is 0. The Bertz CT molecular complexity index is 673. The number of para-hydroxylation sites is 1. The van der Waals surface area contributed by atoms with Gasteiger partial charge in [-0.1, -0.05) is 12.1 Å². The van der Waals surface area contributed by atoms with E-state index in [2.05, 4.69) is 0 Å². The number of rotatable bonds is 1. The fourth-order valence-corrected chi connectivity index (χ4v) is 3.25. The van der Waals surface area contributed by atoms with E-state index in [1.807, 2.05) is 24.3 Å². The molecule has 2 aromatic rings. The molecule has 4 nitrogen and oxygen atoms in total. The van der Waals surface area contributed by atoms with Crippen LogP contribution < -0.4 is 10.6 Å². The van der Waals surface area contributed by atoms with Crippen molar-refractivity contribution in [3.8, 4) is 5.75 Å². The lowest BCUT2D eigenvalue weighted by Gasteiger charge is -2.29. The summed E-state index contributed by atoms with van der Waals surface area (Å²) in [7, 11) is 0. The number of amides is 1. The van der Waals surface area contributed by atoms with Crippen LogP contribution in [-0.4, -0.2) is 23.3 Å². The standard InChI is InChI=1S/C15H14N2O2S/c16-12-6-5-10(18)9-11(12)15(19)17-7-8-20-14-4-2-1-3-13(14)17/h1-6,9,18H,7-8,16H2. The third kappa shape index (κ3) is 2.20. The van der Waals surface area contributed by atoms with Gasteiger partial charge >= 0.3 is 0 Å². The molecule has 5 heteroatoms. The number of carbonyl (C=O) groups is 1. The lowest BCUT2D eigenvalue weighted by Crippen LogP contribution is -2.35.